The number of rotatable bonds is 4. The maximum absolute atomic E-state index is 13.5. The second-order valence-corrected chi connectivity index (χ2v) is 16.0. The number of aromatic nitrogens is 2. The third kappa shape index (κ3) is 4.14. The molecule has 1 aromatic carbocycles. The number of hydrogen-bond acceptors (Lipinski definition) is 7. The summed E-state index contributed by atoms with van der Waals surface area (Å²) in [5.41, 5.74) is 3.19. The zero-order chi connectivity index (χ0) is 26.9. The molecule has 0 saturated carbocycles. The molecule has 0 bridgehead atoms. The number of benzene rings is 1. The van der Waals surface area contributed by atoms with Gasteiger partial charge < -0.3 is 18.5 Å². The van der Waals surface area contributed by atoms with Gasteiger partial charge in [0, 0.05) is 28.1 Å². The molecule has 2 aliphatic rings. The second kappa shape index (κ2) is 8.70. The van der Waals surface area contributed by atoms with Gasteiger partial charge in [0.15, 0.2) is 0 Å². The molecule has 8 nitrogen and oxygen atoms in total. The van der Waals surface area contributed by atoms with E-state index in [-0.39, 0.29) is 28.3 Å². The van der Waals surface area contributed by atoms with Crippen LogP contribution in [0.1, 0.15) is 56.1 Å². The van der Waals surface area contributed by atoms with Gasteiger partial charge >= 0.3 is 11.4 Å². The van der Waals surface area contributed by atoms with Crippen molar-refractivity contribution in [3.05, 3.63) is 56.9 Å². The SMILES string of the molecule is CCc1c2c(nc3ccc(O[Si](C)(C)C(C)(C)C)cc13)-c1cc3c(c(=O)n1C2)COC(=O)C3OC(=O)Cl. The number of cyclic esters (lactones) is 1. The quantitative estimate of drug-likeness (QED) is 0.182. The molecule has 0 radical (unpaired) electrons. The fourth-order valence-corrected chi connectivity index (χ4v) is 5.91. The lowest BCUT2D eigenvalue weighted by molar-refractivity contribution is -0.157. The average Bonchev–Trinajstić information content (AvgIpc) is 3.17. The summed E-state index contributed by atoms with van der Waals surface area (Å²) in [5.74, 6) is 0.0547. The first-order valence-electron chi connectivity index (χ1n) is 12.3. The van der Waals surface area contributed by atoms with Crippen molar-refractivity contribution in [1.82, 2.24) is 9.55 Å². The van der Waals surface area contributed by atoms with Crippen molar-refractivity contribution in [3.63, 3.8) is 0 Å². The topological polar surface area (TPSA) is 96.7 Å². The Morgan fingerprint density at radius 2 is 1.95 bits per heavy atom. The summed E-state index contributed by atoms with van der Waals surface area (Å²) in [6, 6.07) is 7.65. The number of nitrogens with zero attached hydrogens (tertiary/aromatic N) is 2. The summed E-state index contributed by atoms with van der Waals surface area (Å²) in [6.07, 6.45) is -0.654. The number of carbonyl (C=O) groups excluding carboxylic acids is 2. The van der Waals surface area contributed by atoms with E-state index in [9.17, 15) is 14.4 Å². The third-order valence-corrected chi connectivity index (χ3v) is 12.2. The fraction of sp³-hybridized carbons (Fsp3) is 0.407. The molecule has 2 aliphatic heterocycles. The van der Waals surface area contributed by atoms with Crippen molar-refractivity contribution in [2.75, 3.05) is 0 Å². The lowest BCUT2D eigenvalue weighted by atomic mass is 9.97. The molecule has 1 atom stereocenters. The Morgan fingerprint density at radius 3 is 2.59 bits per heavy atom. The van der Waals surface area contributed by atoms with Crippen molar-refractivity contribution in [2.24, 2.45) is 0 Å². The number of pyridine rings is 2. The Morgan fingerprint density at radius 1 is 1.22 bits per heavy atom. The first kappa shape index (κ1) is 25.5. The molecule has 37 heavy (non-hydrogen) atoms. The van der Waals surface area contributed by atoms with Crippen molar-refractivity contribution in [3.8, 4) is 17.1 Å². The normalized spacial score (nSPS) is 16.6. The largest absolute Gasteiger partial charge is 0.543 e. The average molecular weight is 541 g/mol. The zero-order valence-corrected chi connectivity index (χ0v) is 23.5. The van der Waals surface area contributed by atoms with Gasteiger partial charge in [0.25, 0.3) is 5.56 Å². The molecule has 0 fully saturated rings. The highest BCUT2D eigenvalue weighted by atomic mass is 35.5. The molecule has 3 aromatic rings. The summed E-state index contributed by atoms with van der Waals surface area (Å²) in [6.45, 7) is 13.3. The molecule has 4 heterocycles. The minimum absolute atomic E-state index is 0.0639. The second-order valence-electron chi connectivity index (χ2n) is 11.0. The van der Waals surface area contributed by atoms with E-state index < -0.39 is 25.8 Å². The van der Waals surface area contributed by atoms with Crippen molar-refractivity contribution >= 4 is 42.2 Å². The molecule has 0 saturated heterocycles. The van der Waals surface area contributed by atoms with Crippen LogP contribution < -0.4 is 9.99 Å². The summed E-state index contributed by atoms with van der Waals surface area (Å²) < 4.78 is 18.3. The van der Waals surface area contributed by atoms with Crippen LogP contribution in [0.4, 0.5) is 4.79 Å². The molecule has 0 amide bonds. The number of fused-ring (bicyclic) bond motifs is 5. The Labute approximate surface area is 220 Å². The number of halogens is 1. The van der Waals surface area contributed by atoms with Gasteiger partial charge in [0.05, 0.1) is 29.0 Å². The van der Waals surface area contributed by atoms with Crippen LogP contribution in [0, 0.1) is 0 Å². The summed E-state index contributed by atoms with van der Waals surface area (Å²) in [4.78, 5) is 42.1. The van der Waals surface area contributed by atoms with Gasteiger partial charge in [0.2, 0.25) is 14.4 Å². The highest BCUT2D eigenvalue weighted by molar-refractivity contribution is 6.74. The standard InChI is InChI=1S/C27H29ClN2O6Si/c1-7-15-16-10-14(36-37(5,6)27(2,3)4)8-9-20(16)29-22-18(15)12-30-21(22)11-17-19(24(30)31)13-34-25(32)23(17)35-26(28)33/h8-11,23H,7,12-13H2,1-6H3. The van der Waals surface area contributed by atoms with Crippen LogP contribution in [0.15, 0.2) is 29.1 Å². The molecule has 0 spiro atoms. The first-order chi connectivity index (χ1) is 17.3. The first-order valence-corrected chi connectivity index (χ1v) is 15.5. The number of carbonyl (C=O) groups is 2. The highest BCUT2D eigenvalue weighted by Crippen LogP contribution is 2.41. The molecule has 10 heteroatoms. The van der Waals surface area contributed by atoms with Crippen LogP contribution >= 0.6 is 11.6 Å². The van der Waals surface area contributed by atoms with Crippen molar-refractivity contribution < 1.29 is 23.5 Å². The van der Waals surface area contributed by atoms with E-state index in [2.05, 4.69) is 46.9 Å². The summed E-state index contributed by atoms with van der Waals surface area (Å²) in [5, 5.41) is 1.06. The van der Waals surface area contributed by atoms with E-state index in [1.54, 1.807) is 10.6 Å². The van der Waals surface area contributed by atoms with E-state index in [1.807, 2.05) is 12.1 Å². The van der Waals surface area contributed by atoms with Gasteiger partial charge in [-0.05, 0) is 54.4 Å². The Balaban J connectivity index is 1.66. The van der Waals surface area contributed by atoms with E-state index in [0.717, 1.165) is 34.2 Å². The van der Waals surface area contributed by atoms with Crippen molar-refractivity contribution in [2.45, 2.75) is 71.5 Å². The summed E-state index contributed by atoms with van der Waals surface area (Å²) in [7, 11) is -2.03. The predicted molar refractivity (Wildman–Crippen MR) is 143 cm³/mol. The third-order valence-electron chi connectivity index (χ3n) is 7.77. The van der Waals surface area contributed by atoms with Gasteiger partial charge in [-0.25, -0.2) is 14.6 Å². The minimum atomic E-state index is -2.03. The van der Waals surface area contributed by atoms with E-state index in [1.165, 1.54) is 0 Å². The van der Waals surface area contributed by atoms with Crippen LogP contribution in [0.25, 0.3) is 22.3 Å². The van der Waals surface area contributed by atoms with Gasteiger partial charge in [0.1, 0.15) is 12.4 Å². The van der Waals surface area contributed by atoms with Crippen LogP contribution in [0.2, 0.25) is 18.1 Å². The molecular formula is C27H29ClN2O6Si. The highest BCUT2D eigenvalue weighted by Gasteiger charge is 2.40. The molecular weight excluding hydrogens is 512 g/mol. The lowest BCUT2D eigenvalue weighted by Crippen LogP contribution is -2.43. The van der Waals surface area contributed by atoms with Crippen LogP contribution in [-0.4, -0.2) is 29.3 Å². The number of ether oxygens (including phenoxy) is 2. The Kier molecular flexibility index (Phi) is 5.99. The molecule has 194 valence electrons. The van der Waals surface area contributed by atoms with E-state index >= 15 is 0 Å². The predicted octanol–water partition coefficient (Wildman–Crippen LogP) is 5.84. The summed E-state index contributed by atoms with van der Waals surface area (Å²) >= 11 is 5.39. The Hall–Kier alpha value is -3.17. The van der Waals surface area contributed by atoms with Crippen LogP contribution in [0.3, 0.4) is 0 Å². The molecule has 1 unspecified atom stereocenters. The van der Waals surface area contributed by atoms with E-state index in [0.29, 0.717) is 17.9 Å². The lowest BCUT2D eigenvalue weighted by Gasteiger charge is -2.36. The van der Waals surface area contributed by atoms with Crippen LogP contribution in [0.5, 0.6) is 5.75 Å². The monoisotopic (exact) mass is 540 g/mol. The molecule has 0 N–H and O–H groups in total. The maximum atomic E-state index is 13.5. The number of aryl methyl sites for hydroxylation is 1. The number of hydrogen-bond donors (Lipinski definition) is 0. The minimum Gasteiger partial charge on any atom is -0.543 e. The smallest absolute Gasteiger partial charge is 0.404 e. The van der Waals surface area contributed by atoms with Crippen molar-refractivity contribution in [1.29, 1.82) is 0 Å². The van der Waals surface area contributed by atoms with Gasteiger partial charge in [-0.1, -0.05) is 27.7 Å². The fourth-order valence-electron chi connectivity index (χ4n) is 4.79. The molecule has 0 aliphatic carbocycles. The zero-order valence-electron chi connectivity index (χ0n) is 21.7. The Bertz CT molecular complexity index is 1540. The molecule has 5 rings (SSSR count). The van der Waals surface area contributed by atoms with E-state index in [4.69, 9.17) is 30.5 Å². The maximum Gasteiger partial charge on any atom is 0.404 e. The van der Waals surface area contributed by atoms with Gasteiger partial charge in [-0.2, -0.15) is 0 Å². The van der Waals surface area contributed by atoms with Gasteiger partial charge in [-0.3, -0.25) is 4.79 Å². The number of esters is 1. The molecule has 2 aromatic heterocycles. The van der Waals surface area contributed by atoms with Gasteiger partial charge in [-0.15, -0.1) is 0 Å². The van der Waals surface area contributed by atoms with Crippen LogP contribution in [-0.2, 0) is 33.8 Å².